The van der Waals surface area contributed by atoms with Crippen LogP contribution in [0.2, 0.25) is 0 Å². The molecule has 0 aromatic heterocycles. The number of urea groups is 1. The second-order valence-electron chi connectivity index (χ2n) is 5.40. The van der Waals surface area contributed by atoms with Gasteiger partial charge in [-0.1, -0.05) is 18.2 Å². The molecule has 1 heterocycles. The van der Waals surface area contributed by atoms with Gasteiger partial charge in [-0.15, -0.1) is 0 Å². The first-order chi connectivity index (χ1) is 11.7. The minimum Gasteiger partial charge on any atom is -0.497 e. The van der Waals surface area contributed by atoms with Crippen molar-refractivity contribution in [1.29, 1.82) is 0 Å². The summed E-state index contributed by atoms with van der Waals surface area (Å²) in [5.74, 6) is 2.27. The maximum Gasteiger partial charge on any atom is 0.315 e. The molecular weight excluding hydrogens is 308 g/mol. The molecule has 6 heteroatoms. The van der Waals surface area contributed by atoms with Gasteiger partial charge in [-0.2, -0.15) is 0 Å². The zero-order chi connectivity index (χ0) is 16.8. The summed E-state index contributed by atoms with van der Waals surface area (Å²) >= 11 is 0. The van der Waals surface area contributed by atoms with Crippen LogP contribution in [0.3, 0.4) is 0 Å². The molecule has 0 atom stereocenters. The number of nitrogens with one attached hydrogen (secondary N) is 2. The monoisotopic (exact) mass is 328 g/mol. The van der Waals surface area contributed by atoms with Crippen LogP contribution in [0.25, 0.3) is 0 Å². The van der Waals surface area contributed by atoms with E-state index >= 15 is 0 Å². The summed E-state index contributed by atoms with van der Waals surface area (Å²) in [6.07, 6.45) is 0.745. The average Bonchev–Trinajstić information content (AvgIpc) is 3.08. The molecule has 2 aromatic carbocycles. The summed E-state index contributed by atoms with van der Waals surface area (Å²) < 4.78 is 15.8. The lowest BCUT2D eigenvalue weighted by molar-refractivity contribution is 0.174. The zero-order valence-electron chi connectivity index (χ0n) is 13.5. The van der Waals surface area contributed by atoms with Gasteiger partial charge in [0.15, 0.2) is 11.5 Å². The second-order valence-corrected chi connectivity index (χ2v) is 5.40. The highest BCUT2D eigenvalue weighted by Crippen LogP contribution is 2.32. The summed E-state index contributed by atoms with van der Waals surface area (Å²) in [6.45, 7) is 1.23. The lowest BCUT2D eigenvalue weighted by atomic mass is 10.1. The summed E-state index contributed by atoms with van der Waals surface area (Å²) in [5.41, 5.74) is 2.08. The number of carbonyl (C=O) groups is 1. The maximum absolute atomic E-state index is 11.9. The van der Waals surface area contributed by atoms with Gasteiger partial charge in [0.05, 0.1) is 7.11 Å². The molecule has 2 N–H and O–H groups in total. The van der Waals surface area contributed by atoms with Gasteiger partial charge in [0.25, 0.3) is 0 Å². The van der Waals surface area contributed by atoms with Crippen molar-refractivity contribution < 1.29 is 19.0 Å². The number of methoxy groups -OCH3 is 1. The lowest BCUT2D eigenvalue weighted by Crippen LogP contribution is -2.36. The van der Waals surface area contributed by atoms with Crippen LogP contribution in [0.15, 0.2) is 42.5 Å². The highest BCUT2D eigenvalue weighted by molar-refractivity contribution is 5.73. The van der Waals surface area contributed by atoms with E-state index in [9.17, 15) is 4.79 Å². The molecule has 24 heavy (non-hydrogen) atoms. The van der Waals surface area contributed by atoms with Crippen molar-refractivity contribution >= 4 is 6.03 Å². The molecule has 3 rings (SSSR count). The van der Waals surface area contributed by atoms with E-state index in [-0.39, 0.29) is 12.8 Å². The summed E-state index contributed by atoms with van der Waals surface area (Å²) in [5, 5.41) is 5.67. The van der Waals surface area contributed by atoms with E-state index in [4.69, 9.17) is 14.2 Å². The van der Waals surface area contributed by atoms with Crippen molar-refractivity contribution in [2.45, 2.75) is 13.0 Å². The average molecular weight is 328 g/mol. The third-order valence-corrected chi connectivity index (χ3v) is 3.72. The quantitative estimate of drug-likeness (QED) is 0.855. The molecule has 1 aliphatic rings. The van der Waals surface area contributed by atoms with Gasteiger partial charge in [0.1, 0.15) is 5.75 Å². The van der Waals surface area contributed by atoms with Gasteiger partial charge in [-0.25, -0.2) is 4.79 Å². The van der Waals surface area contributed by atoms with Crippen LogP contribution in [0, 0.1) is 0 Å². The number of hydrogen-bond acceptors (Lipinski definition) is 4. The molecule has 6 nitrogen and oxygen atoms in total. The van der Waals surface area contributed by atoms with Crippen LogP contribution in [0.1, 0.15) is 11.1 Å². The van der Waals surface area contributed by atoms with E-state index in [0.29, 0.717) is 18.8 Å². The van der Waals surface area contributed by atoms with E-state index in [1.54, 1.807) is 7.11 Å². The fourth-order valence-electron chi connectivity index (χ4n) is 2.44. The topological polar surface area (TPSA) is 68.8 Å². The number of benzene rings is 2. The largest absolute Gasteiger partial charge is 0.497 e. The normalized spacial score (nSPS) is 11.9. The van der Waals surface area contributed by atoms with Crippen molar-refractivity contribution in [1.82, 2.24) is 10.6 Å². The predicted molar refractivity (Wildman–Crippen MR) is 89.5 cm³/mol. The highest BCUT2D eigenvalue weighted by Gasteiger charge is 2.13. The molecule has 0 fully saturated rings. The molecule has 0 saturated carbocycles. The van der Waals surface area contributed by atoms with Gasteiger partial charge in [-0.05, 0) is 41.8 Å². The molecule has 2 aromatic rings. The van der Waals surface area contributed by atoms with Crippen LogP contribution in [0.5, 0.6) is 17.2 Å². The zero-order valence-corrected chi connectivity index (χ0v) is 13.5. The SMILES string of the molecule is COc1cccc(CCNC(=O)NCc2ccc3c(c2)OCO3)c1. The molecule has 2 amide bonds. The maximum atomic E-state index is 11.9. The Morgan fingerprint density at radius 3 is 2.83 bits per heavy atom. The van der Waals surface area contributed by atoms with Crippen LogP contribution in [-0.2, 0) is 13.0 Å². The van der Waals surface area contributed by atoms with Crippen LogP contribution in [0.4, 0.5) is 4.79 Å². The van der Waals surface area contributed by atoms with E-state index < -0.39 is 0 Å². The molecule has 0 aliphatic carbocycles. The summed E-state index contributed by atoms with van der Waals surface area (Å²) in [6, 6.07) is 13.2. The summed E-state index contributed by atoms with van der Waals surface area (Å²) in [7, 11) is 1.64. The molecule has 126 valence electrons. The van der Waals surface area contributed by atoms with Crippen molar-refractivity contribution in [2.24, 2.45) is 0 Å². The Balaban J connectivity index is 1.41. The standard InChI is InChI=1S/C18H20N2O4/c1-22-15-4-2-3-13(9-15)7-8-19-18(21)20-11-14-5-6-16-17(10-14)24-12-23-16/h2-6,9-10H,7-8,11-12H2,1H3,(H2,19,20,21). The first kappa shape index (κ1) is 16.0. The van der Waals surface area contributed by atoms with Gasteiger partial charge < -0.3 is 24.8 Å². The number of fused-ring (bicyclic) bond motifs is 1. The molecule has 0 saturated heterocycles. The minimum atomic E-state index is -0.199. The predicted octanol–water partition coefficient (Wildman–Crippen LogP) is 2.47. The fraction of sp³-hybridized carbons (Fsp3) is 0.278. The third kappa shape index (κ3) is 4.10. The Labute approximate surface area is 140 Å². The van der Waals surface area contributed by atoms with Crippen molar-refractivity contribution in [2.75, 3.05) is 20.4 Å². The van der Waals surface area contributed by atoms with Crippen molar-refractivity contribution in [3.63, 3.8) is 0 Å². The van der Waals surface area contributed by atoms with Gasteiger partial charge >= 0.3 is 6.03 Å². The van der Waals surface area contributed by atoms with Crippen LogP contribution >= 0.6 is 0 Å². The Morgan fingerprint density at radius 1 is 1.08 bits per heavy atom. The molecule has 0 bridgehead atoms. The van der Waals surface area contributed by atoms with Gasteiger partial charge in [0.2, 0.25) is 6.79 Å². The second kappa shape index (κ2) is 7.59. The van der Waals surface area contributed by atoms with E-state index in [0.717, 1.165) is 29.0 Å². The number of ether oxygens (including phenoxy) is 3. The van der Waals surface area contributed by atoms with Crippen molar-refractivity contribution in [3.8, 4) is 17.2 Å². The third-order valence-electron chi connectivity index (χ3n) is 3.72. The molecular formula is C18H20N2O4. The van der Waals surface area contributed by atoms with E-state index in [1.165, 1.54) is 0 Å². The number of rotatable bonds is 6. The first-order valence-electron chi connectivity index (χ1n) is 7.78. The Hall–Kier alpha value is -2.89. The molecule has 0 unspecified atom stereocenters. The minimum absolute atomic E-state index is 0.199. The summed E-state index contributed by atoms with van der Waals surface area (Å²) in [4.78, 5) is 11.9. The van der Waals surface area contributed by atoms with E-state index in [1.807, 2.05) is 42.5 Å². The van der Waals surface area contributed by atoms with Crippen LogP contribution in [-0.4, -0.2) is 26.5 Å². The number of hydrogen-bond donors (Lipinski definition) is 2. The van der Waals surface area contributed by atoms with Gasteiger partial charge in [-0.3, -0.25) is 0 Å². The van der Waals surface area contributed by atoms with Crippen molar-refractivity contribution in [3.05, 3.63) is 53.6 Å². The lowest BCUT2D eigenvalue weighted by Gasteiger charge is -2.09. The molecule has 1 aliphatic heterocycles. The van der Waals surface area contributed by atoms with Gasteiger partial charge in [0, 0.05) is 13.1 Å². The van der Waals surface area contributed by atoms with E-state index in [2.05, 4.69) is 10.6 Å². The number of amides is 2. The highest BCUT2D eigenvalue weighted by atomic mass is 16.7. The Bertz CT molecular complexity index is 718. The first-order valence-corrected chi connectivity index (χ1v) is 7.78. The smallest absolute Gasteiger partial charge is 0.315 e. The Kier molecular flexibility index (Phi) is 5.05. The molecule has 0 radical (unpaired) electrons. The number of carbonyl (C=O) groups excluding carboxylic acids is 1. The molecule has 0 spiro atoms. The van der Waals surface area contributed by atoms with Crippen LogP contribution < -0.4 is 24.8 Å². The Morgan fingerprint density at radius 2 is 1.96 bits per heavy atom. The fourth-order valence-corrected chi connectivity index (χ4v) is 2.44.